The number of pyridine rings is 1. The molecule has 1 amide bonds. The summed E-state index contributed by atoms with van der Waals surface area (Å²) < 4.78 is 0. The summed E-state index contributed by atoms with van der Waals surface area (Å²) in [6.07, 6.45) is 4.68. The molecule has 0 aliphatic carbocycles. The zero-order chi connectivity index (χ0) is 17.2. The summed E-state index contributed by atoms with van der Waals surface area (Å²) in [7, 11) is 0. The number of hydrogen-bond acceptors (Lipinski definition) is 3. The van der Waals surface area contributed by atoms with Crippen molar-refractivity contribution in [2.45, 2.75) is 33.1 Å². The second-order valence-corrected chi connectivity index (χ2v) is 5.88. The third kappa shape index (κ3) is 5.37. The first-order chi connectivity index (χ1) is 11.7. The highest BCUT2D eigenvalue weighted by Gasteiger charge is 2.09. The Labute approximate surface area is 144 Å². The molecule has 0 aliphatic rings. The maximum Gasteiger partial charge on any atom is 0.252 e. The second kappa shape index (κ2) is 9.71. The summed E-state index contributed by atoms with van der Waals surface area (Å²) in [4.78, 5) is 18.9. The van der Waals surface area contributed by atoms with Crippen LogP contribution >= 0.6 is 0 Å². The van der Waals surface area contributed by atoms with Crippen molar-refractivity contribution in [1.29, 1.82) is 0 Å². The molecule has 0 fully saturated rings. The molecule has 1 N–H and O–H groups in total. The van der Waals surface area contributed by atoms with Gasteiger partial charge in [0.15, 0.2) is 0 Å². The number of nitrogens with one attached hydrogen (secondary N) is 1. The van der Waals surface area contributed by atoms with Crippen molar-refractivity contribution in [1.82, 2.24) is 10.3 Å². The van der Waals surface area contributed by atoms with E-state index in [1.807, 2.05) is 30.3 Å². The third-order valence-electron chi connectivity index (χ3n) is 3.86. The number of aromatic nitrogens is 1. The minimum absolute atomic E-state index is 0.0671. The first-order valence-electron chi connectivity index (χ1n) is 8.77. The number of carbonyl (C=O) groups excluding carboxylic acids is 1. The standard InChI is InChI=1S/C20H27N3O/c1-3-14-23(15-4-2)19-11-10-18(16-22-19)20(24)21-13-12-17-8-6-5-7-9-17/h5-11,16H,3-4,12-15H2,1-2H3,(H,21,24). The predicted molar refractivity (Wildman–Crippen MR) is 99.5 cm³/mol. The van der Waals surface area contributed by atoms with Crippen LogP contribution in [0.4, 0.5) is 5.82 Å². The van der Waals surface area contributed by atoms with Crippen molar-refractivity contribution >= 4 is 11.7 Å². The molecule has 2 aromatic rings. The summed E-state index contributed by atoms with van der Waals surface area (Å²) in [5, 5.41) is 2.95. The molecule has 1 aromatic heterocycles. The van der Waals surface area contributed by atoms with Crippen molar-refractivity contribution in [2.75, 3.05) is 24.5 Å². The molecule has 2 rings (SSSR count). The molecule has 128 valence electrons. The van der Waals surface area contributed by atoms with Crippen molar-refractivity contribution in [3.8, 4) is 0 Å². The molecule has 0 radical (unpaired) electrons. The van der Waals surface area contributed by atoms with Gasteiger partial charge >= 0.3 is 0 Å². The molecule has 4 heteroatoms. The summed E-state index contributed by atoms with van der Waals surface area (Å²) >= 11 is 0. The van der Waals surface area contributed by atoms with Gasteiger partial charge in [-0.15, -0.1) is 0 Å². The van der Waals surface area contributed by atoms with Gasteiger partial charge in [0.2, 0.25) is 0 Å². The highest BCUT2D eigenvalue weighted by molar-refractivity contribution is 5.94. The fourth-order valence-electron chi connectivity index (χ4n) is 2.66. The lowest BCUT2D eigenvalue weighted by Crippen LogP contribution is -2.27. The van der Waals surface area contributed by atoms with Crippen molar-refractivity contribution in [3.05, 3.63) is 59.8 Å². The van der Waals surface area contributed by atoms with Gasteiger partial charge in [-0.25, -0.2) is 4.98 Å². The van der Waals surface area contributed by atoms with Gasteiger partial charge < -0.3 is 10.2 Å². The van der Waals surface area contributed by atoms with E-state index >= 15 is 0 Å². The number of amides is 1. The highest BCUT2D eigenvalue weighted by Crippen LogP contribution is 2.12. The molecule has 0 unspecified atom stereocenters. The van der Waals surface area contributed by atoms with Crippen LogP contribution in [0.15, 0.2) is 48.7 Å². The number of carbonyl (C=O) groups is 1. The summed E-state index contributed by atoms with van der Waals surface area (Å²) in [6.45, 7) is 6.93. The van der Waals surface area contributed by atoms with E-state index in [0.717, 1.165) is 38.2 Å². The molecular formula is C20H27N3O. The van der Waals surface area contributed by atoms with E-state index in [1.54, 1.807) is 6.20 Å². The number of hydrogen-bond donors (Lipinski definition) is 1. The first kappa shape index (κ1) is 18.0. The van der Waals surface area contributed by atoms with Crippen molar-refractivity contribution in [3.63, 3.8) is 0 Å². The Morgan fingerprint density at radius 1 is 1.04 bits per heavy atom. The lowest BCUT2D eigenvalue weighted by molar-refractivity contribution is 0.0954. The van der Waals surface area contributed by atoms with Gasteiger partial charge in [-0.3, -0.25) is 4.79 Å². The first-order valence-corrected chi connectivity index (χ1v) is 8.77. The largest absolute Gasteiger partial charge is 0.357 e. The molecule has 4 nitrogen and oxygen atoms in total. The minimum Gasteiger partial charge on any atom is -0.357 e. The molecule has 0 bridgehead atoms. The minimum atomic E-state index is -0.0671. The van der Waals surface area contributed by atoms with E-state index in [2.05, 4.69) is 41.2 Å². The fraction of sp³-hybridized carbons (Fsp3) is 0.400. The van der Waals surface area contributed by atoms with E-state index in [9.17, 15) is 4.79 Å². The van der Waals surface area contributed by atoms with Gasteiger partial charge in [0.25, 0.3) is 5.91 Å². The fourth-order valence-corrected chi connectivity index (χ4v) is 2.66. The Balaban J connectivity index is 1.88. The normalized spacial score (nSPS) is 10.4. The lowest BCUT2D eigenvalue weighted by Gasteiger charge is -2.22. The lowest BCUT2D eigenvalue weighted by atomic mass is 10.1. The smallest absolute Gasteiger partial charge is 0.252 e. The van der Waals surface area contributed by atoms with Crippen LogP contribution in [0.1, 0.15) is 42.6 Å². The van der Waals surface area contributed by atoms with Gasteiger partial charge in [0.05, 0.1) is 5.56 Å². The molecule has 24 heavy (non-hydrogen) atoms. The number of rotatable bonds is 9. The van der Waals surface area contributed by atoms with Crippen LogP contribution in [0, 0.1) is 0 Å². The maximum absolute atomic E-state index is 12.2. The predicted octanol–water partition coefficient (Wildman–Crippen LogP) is 3.68. The van der Waals surface area contributed by atoms with Gasteiger partial charge in [-0.1, -0.05) is 44.2 Å². The number of nitrogens with zero attached hydrogens (tertiary/aromatic N) is 2. The van der Waals surface area contributed by atoms with Crippen molar-refractivity contribution < 1.29 is 4.79 Å². The molecule has 0 atom stereocenters. The topological polar surface area (TPSA) is 45.2 Å². The van der Waals surface area contributed by atoms with Crippen LogP contribution in [0.5, 0.6) is 0 Å². The number of anilines is 1. The third-order valence-corrected chi connectivity index (χ3v) is 3.86. The Morgan fingerprint density at radius 3 is 2.33 bits per heavy atom. The van der Waals surface area contributed by atoms with Crippen LogP contribution in [0.3, 0.4) is 0 Å². The van der Waals surface area contributed by atoms with E-state index in [0.29, 0.717) is 12.1 Å². The zero-order valence-electron chi connectivity index (χ0n) is 14.7. The molecule has 0 aliphatic heterocycles. The SMILES string of the molecule is CCCN(CCC)c1ccc(C(=O)NCCc2ccccc2)cn1. The van der Waals surface area contributed by atoms with Gasteiger partial charge in [0, 0.05) is 25.8 Å². The van der Waals surface area contributed by atoms with Gasteiger partial charge in [-0.05, 0) is 37.0 Å². The molecule has 0 saturated heterocycles. The zero-order valence-corrected chi connectivity index (χ0v) is 14.7. The summed E-state index contributed by atoms with van der Waals surface area (Å²) in [6, 6.07) is 14.0. The van der Waals surface area contributed by atoms with Crippen LogP contribution in [0.2, 0.25) is 0 Å². The molecule has 0 spiro atoms. The monoisotopic (exact) mass is 325 g/mol. The van der Waals surface area contributed by atoms with Crippen LogP contribution in [-0.4, -0.2) is 30.5 Å². The van der Waals surface area contributed by atoms with Crippen LogP contribution in [-0.2, 0) is 6.42 Å². The number of benzene rings is 1. The molecule has 0 saturated carbocycles. The summed E-state index contributed by atoms with van der Waals surface area (Å²) in [5.74, 6) is 0.877. The van der Waals surface area contributed by atoms with E-state index in [-0.39, 0.29) is 5.91 Å². The van der Waals surface area contributed by atoms with E-state index in [4.69, 9.17) is 0 Å². The van der Waals surface area contributed by atoms with Gasteiger partial charge in [-0.2, -0.15) is 0 Å². The molecule has 1 aromatic carbocycles. The highest BCUT2D eigenvalue weighted by atomic mass is 16.1. The van der Waals surface area contributed by atoms with Crippen LogP contribution in [0.25, 0.3) is 0 Å². The summed E-state index contributed by atoms with van der Waals surface area (Å²) in [5.41, 5.74) is 1.83. The van der Waals surface area contributed by atoms with Crippen LogP contribution < -0.4 is 10.2 Å². The Kier molecular flexibility index (Phi) is 7.27. The Morgan fingerprint density at radius 2 is 1.75 bits per heavy atom. The quantitative estimate of drug-likeness (QED) is 0.765. The average molecular weight is 325 g/mol. The van der Waals surface area contributed by atoms with Crippen molar-refractivity contribution in [2.24, 2.45) is 0 Å². The molecule has 1 heterocycles. The van der Waals surface area contributed by atoms with Gasteiger partial charge in [0.1, 0.15) is 5.82 Å². The maximum atomic E-state index is 12.2. The Hall–Kier alpha value is -2.36. The van der Waals surface area contributed by atoms with E-state index < -0.39 is 0 Å². The molecular weight excluding hydrogens is 298 g/mol. The van der Waals surface area contributed by atoms with E-state index in [1.165, 1.54) is 5.56 Å². The second-order valence-electron chi connectivity index (χ2n) is 5.88. The average Bonchev–Trinajstić information content (AvgIpc) is 2.62. The Bertz CT molecular complexity index is 605.